The summed E-state index contributed by atoms with van der Waals surface area (Å²) in [4.78, 5) is 5.21. The van der Waals surface area contributed by atoms with Gasteiger partial charge in [0.1, 0.15) is 5.75 Å². The molecular formula is C29H44N2O. The van der Waals surface area contributed by atoms with Crippen LogP contribution in [0.15, 0.2) is 42.0 Å². The maximum Gasteiger partial charge on any atom is 0.119 e. The normalized spacial score (nSPS) is 25.3. The SMILES string of the molecule is C.C[C@@H](CCN1CCCc2cc(OCCCN3CCCCC3)ccc21)C1=CC2CC2C=C1. The molecule has 3 atom stereocenters. The van der Waals surface area contributed by atoms with E-state index in [1.54, 1.807) is 5.57 Å². The minimum absolute atomic E-state index is 0. The van der Waals surface area contributed by atoms with Crippen molar-refractivity contribution in [2.24, 2.45) is 17.8 Å². The average Bonchev–Trinajstić information content (AvgIpc) is 3.60. The number of aryl methyl sites for hydroxylation is 1. The second kappa shape index (κ2) is 10.9. The fraction of sp³-hybridized carbons (Fsp3) is 0.655. The zero-order valence-corrected chi connectivity index (χ0v) is 19.4. The third-order valence-electron chi connectivity index (χ3n) is 7.84. The Morgan fingerprint density at radius 1 is 1.03 bits per heavy atom. The highest BCUT2D eigenvalue weighted by atomic mass is 16.5. The van der Waals surface area contributed by atoms with Crippen molar-refractivity contribution in [2.75, 3.05) is 44.2 Å². The van der Waals surface area contributed by atoms with Crippen molar-refractivity contribution in [3.63, 3.8) is 0 Å². The molecule has 0 bridgehead atoms. The predicted octanol–water partition coefficient (Wildman–Crippen LogP) is 6.49. The van der Waals surface area contributed by atoms with E-state index in [1.807, 2.05) is 0 Å². The average molecular weight is 437 g/mol. The number of anilines is 1. The van der Waals surface area contributed by atoms with Crippen LogP contribution in [0.25, 0.3) is 0 Å². The Morgan fingerprint density at radius 2 is 1.91 bits per heavy atom. The lowest BCUT2D eigenvalue weighted by Gasteiger charge is -2.32. The molecule has 4 aliphatic rings. The number of rotatable bonds is 9. The van der Waals surface area contributed by atoms with E-state index in [2.05, 4.69) is 53.2 Å². The second-order valence-electron chi connectivity index (χ2n) is 10.3. The smallest absolute Gasteiger partial charge is 0.119 e. The van der Waals surface area contributed by atoms with Gasteiger partial charge in [-0.15, -0.1) is 0 Å². The molecule has 176 valence electrons. The van der Waals surface area contributed by atoms with Crippen LogP contribution in [0.5, 0.6) is 5.75 Å². The lowest BCUT2D eigenvalue weighted by Crippen LogP contribution is -2.31. The molecule has 1 aromatic rings. The molecule has 5 rings (SSSR count). The highest BCUT2D eigenvalue weighted by Gasteiger charge is 2.35. The highest BCUT2D eigenvalue weighted by molar-refractivity contribution is 5.58. The summed E-state index contributed by atoms with van der Waals surface area (Å²) < 4.78 is 6.13. The monoisotopic (exact) mass is 436 g/mol. The van der Waals surface area contributed by atoms with Gasteiger partial charge >= 0.3 is 0 Å². The number of benzene rings is 1. The summed E-state index contributed by atoms with van der Waals surface area (Å²) in [5.41, 5.74) is 4.49. The number of nitrogens with zero attached hydrogens (tertiary/aromatic N) is 2. The first-order valence-corrected chi connectivity index (χ1v) is 12.9. The molecule has 1 saturated carbocycles. The Bertz CT molecular complexity index is 807. The Morgan fingerprint density at radius 3 is 2.75 bits per heavy atom. The zero-order chi connectivity index (χ0) is 21.0. The largest absolute Gasteiger partial charge is 0.494 e. The van der Waals surface area contributed by atoms with Crippen molar-refractivity contribution in [1.29, 1.82) is 0 Å². The fourth-order valence-electron chi connectivity index (χ4n) is 5.67. The van der Waals surface area contributed by atoms with Crippen molar-refractivity contribution < 1.29 is 4.74 Å². The second-order valence-corrected chi connectivity index (χ2v) is 10.3. The third-order valence-corrected chi connectivity index (χ3v) is 7.84. The van der Waals surface area contributed by atoms with Crippen LogP contribution < -0.4 is 9.64 Å². The molecule has 3 heteroatoms. The van der Waals surface area contributed by atoms with Crippen LogP contribution in [0.2, 0.25) is 0 Å². The lowest BCUT2D eigenvalue weighted by atomic mass is 9.92. The van der Waals surface area contributed by atoms with Gasteiger partial charge in [0.2, 0.25) is 0 Å². The number of hydrogen-bond acceptors (Lipinski definition) is 3. The van der Waals surface area contributed by atoms with E-state index in [0.29, 0.717) is 5.92 Å². The number of allylic oxidation sites excluding steroid dienone is 4. The molecule has 0 amide bonds. The van der Waals surface area contributed by atoms with Crippen LogP contribution in [-0.4, -0.2) is 44.2 Å². The van der Waals surface area contributed by atoms with Crippen LogP contribution in [0.3, 0.4) is 0 Å². The molecule has 3 nitrogen and oxygen atoms in total. The number of fused-ring (bicyclic) bond motifs is 2. The van der Waals surface area contributed by atoms with Crippen LogP contribution >= 0.6 is 0 Å². The summed E-state index contributed by atoms with van der Waals surface area (Å²) in [6, 6.07) is 6.82. The molecule has 1 saturated heterocycles. The van der Waals surface area contributed by atoms with Crippen LogP contribution in [0.1, 0.15) is 64.9 Å². The van der Waals surface area contributed by atoms with E-state index in [9.17, 15) is 0 Å². The standard InChI is InChI=1S/C28H40N2O.CH4/c1-22(23-8-9-24-20-26(24)19-23)12-17-30-16-5-7-25-21-27(10-11-28(25)30)31-18-6-15-29-13-3-2-4-14-29;/h8-11,19,21-22,24,26H,2-7,12-18,20H2,1H3;1H4/t22-,24?,26?;/m0./s1. The zero-order valence-electron chi connectivity index (χ0n) is 19.4. The molecule has 2 fully saturated rings. The Hall–Kier alpha value is -1.74. The first-order valence-electron chi connectivity index (χ1n) is 12.9. The molecule has 2 unspecified atom stereocenters. The highest BCUT2D eigenvalue weighted by Crippen LogP contribution is 2.45. The van der Waals surface area contributed by atoms with Gasteiger partial charge < -0.3 is 14.5 Å². The number of likely N-dealkylation sites (tertiary alicyclic amines) is 1. The van der Waals surface area contributed by atoms with E-state index >= 15 is 0 Å². The fourth-order valence-corrected chi connectivity index (χ4v) is 5.67. The molecule has 32 heavy (non-hydrogen) atoms. The number of ether oxygens (including phenoxy) is 1. The number of hydrogen-bond donors (Lipinski definition) is 0. The van der Waals surface area contributed by atoms with E-state index in [1.165, 1.54) is 82.4 Å². The van der Waals surface area contributed by atoms with Gasteiger partial charge in [0.25, 0.3) is 0 Å². The van der Waals surface area contributed by atoms with Crippen molar-refractivity contribution in [2.45, 2.75) is 65.7 Å². The maximum atomic E-state index is 6.13. The Balaban J connectivity index is 0.00000245. The molecule has 2 aliphatic carbocycles. The molecule has 0 radical (unpaired) electrons. The topological polar surface area (TPSA) is 15.7 Å². The minimum atomic E-state index is 0. The summed E-state index contributed by atoms with van der Waals surface area (Å²) in [5, 5.41) is 0. The van der Waals surface area contributed by atoms with Crippen molar-refractivity contribution in [3.05, 3.63) is 47.6 Å². The van der Waals surface area contributed by atoms with Gasteiger partial charge in [-0.25, -0.2) is 0 Å². The Kier molecular flexibility index (Phi) is 7.99. The van der Waals surface area contributed by atoms with E-state index in [0.717, 1.165) is 37.2 Å². The van der Waals surface area contributed by atoms with Gasteiger partial charge in [-0.3, -0.25) is 0 Å². The van der Waals surface area contributed by atoms with Gasteiger partial charge in [0, 0.05) is 25.3 Å². The molecule has 0 N–H and O–H groups in total. The first kappa shape index (κ1) is 23.4. The third kappa shape index (κ3) is 5.78. The van der Waals surface area contributed by atoms with E-state index in [-0.39, 0.29) is 7.43 Å². The Labute approximate surface area is 196 Å². The quantitative estimate of drug-likeness (QED) is 0.412. The molecular weight excluding hydrogens is 392 g/mol. The van der Waals surface area contributed by atoms with Gasteiger partial charge in [0.15, 0.2) is 0 Å². The molecule has 2 aliphatic heterocycles. The van der Waals surface area contributed by atoms with Crippen molar-refractivity contribution in [3.8, 4) is 5.75 Å². The maximum absolute atomic E-state index is 6.13. The molecule has 0 aromatic heterocycles. The van der Waals surface area contributed by atoms with Gasteiger partial charge in [-0.05, 0) is 105 Å². The summed E-state index contributed by atoms with van der Waals surface area (Å²) in [6.45, 7) is 9.33. The van der Waals surface area contributed by atoms with Crippen LogP contribution in [-0.2, 0) is 6.42 Å². The van der Waals surface area contributed by atoms with Gasteiger partial charge in [-0.2, -0.15) is 0 Å². The summed E-state index contributed by atoms with van der Waals surface area (Å²) in [6.07, 6.45) is 17.7. The lowest BCUT2D eigenvalue weighted by molar-refractivity contribution is 0.205. The molecule has 2 heterocycles. The van der Waals surface area contributed by atoms with E-state index < -0.39 is 0 Å². The summed E-state index contributed by atoms with van der Waals surface area (Å²) >= 11 is 0. The molecule has 0 spiro atoms. The first-order chi connectivity index (χ1) is 15.3. The molecule has 1 aromatic carbocycles. The van der Waals surface area contributed by atoms with E-state index in [4.69, 9.17) is 4.74 Å². The number of piperidine rings is 1. The van der Waals surface area contributed by atoms with Gasteiger partial charge in [-0.1, -0.05) is 39.0 Å². The van der Waals surface area contributed by atoms with Crippen molar-refractivity contribution >= 4 is 5.69 Å². The minimum Gasteiger partial charge on any atom is -0.494 e. The predicted molar refractivity (Wildman–Crippen MR) is 137 cm³/mol. The van der Waals surface area contributed by atoms with Gasteiger partial charge in [0.05, 0.1) is 6.61 Å². The summed E-state index contributed by atoms with van der Waals surface area (Å²) in [7, 11) is 0. The summed E-state index contributed by atoms with van der Waals surface area (Å²) in [5.74, 6) is 3.44. The van der Waals surface area contributed by atoms with Crippen molar-refractivity contribution in [1.82, 2.24) is 4.90 Å². The van der Waals surface area contributed by atoms with Crippen LogP contribution in [0.4, 0.5) is 5.69 Å². The van der Waals surface area contributed by atoms with Crippen LogP contribution in [0, 0.1) is 17.8 Å².